The van der Waals surface area contributed by atoms with E-state index in [1.807, 2.05) is 24.8 Å². The normalized spacial score (nSPS) is 22.8. The number of aromatic nitrogens is 6. The molecule has 2 bridgehead atoms. The van der Waals surface area contributed by atoms with E-state index in [-0.39, 0.29) is 0 Å². The molecule has 2 fully saturated rings. The van der Waals surface area contributed by atoms with Crippen molar-refractivity contribution in [2.75, 3.05) is 11.9 Å². The lowest BCUT2D eigenvalue weighted by atomic mass is 9.99. The number of hydrogen-bond donors (Lipinski definition) is 3. The first-order valence-corrected chi connectivity index (χ1v) is 12.6. The third-order valence-electron chi connectivity index (χ3n) is 6.87. The molecule has 2 saturated heterocycles. The van der Waals surface area contributed by atoms with E-state index in [1.54, 1.807) is 22.7 Å². The number of anilines is 1. The molecule has 0 aromatic carbocycles. The molecule has 3 N–H and O–H groups in total. The topological polar surface area (TPSA) is 98.4 Å². The summed E-state index contributed by atoms with van der Waals surface area (Å²) in [7, 11) is 2.19. The Morgan fingerprint density at radius 2 is 1.91 bits per heavy atom. The van der Waals surface area contributed by atoms with Crippen LogP contribution < -0.4 is 10.2 Å². The van der Waals surface area contributed by atoms with Gasteiger partial charge in [0.1, 0.15) is 10.7 Å². The highest BCUT2D eigenvalue weighted by Gasteiger charge is 2.36. The van der Waals surface area contributed by atoms with Crippen LogP contribution in [0.1, 0.15) is 25.7 Å². The molecule has 0 amide bonds. The predicted octanol–water partition coefficient (Wildman–Crippen LogP) is 4.41. The predicted molar refractivity (Wildman–Crippen MR) is 129 cm³/mol. The number of piperidine rings is 1. The third-order valence-corrected chi connectivity index (χ3v) is 9.00. The van der Waals surface area contributed by atoms with Crippen LogP contribution in [-0.4, -0.2) is 55.3 Å². The van der Waals surface area contributed by atoms with Crippen molar-refractivity contribution >= 4 is 48.4 Å². The van der Waals surface area contributed by atoms with Gasteiger partial charge in [0.2, 0.25) is 0 Å². The van der Waals surface area contributed by atoms with E-state index in [1.165, 1.54) is 25.7 Å². The molecule has 1 unspecified atom stereocenters. The van der Waals surface area contributed by atoms with E-state index in [2.05, 4.69) is 38.5 Å². The van der Waals surface area contributed by atoms with Crippen LogP contribution in [-0.2, 0) is 0 Å². The molecule has 0 saturated carbocycles. The first-order valence-electron chi connectivity index (χ1n) is 10.9. The minimum absolute atomic E-state index is 0.559. The Kier molecular flexibility index (Phi) is 4.15. The van der Waals surface area contributed by atoms with Crippen molar-refractivity contribution in [2.24, 2.45) is 0 Å². The fourth-order valence-corrected chi connectivity index (χ4v) is 7.30. The van der Waals surface area contributed by atoms with Crippen LogP contribution in [0.4, 0.5) is 5.13 Å². The Morgan fingerprint density at radius 3 is 2.69 bits per heavy atom. The summed E-state index contributed by atoms with van der Waals surface area (Å²) in [5, 5.41) is 13.8. The molecular formula is C22H22N8S2. The SMILES string of the molecule is CN(c1nc2sc(-c3ncc(-c4cn[nH]c4)c4cc[nH]c34)nc2s1)C1C[C@H]2CC[C@@H](C1)N2. The summed E-state index contributed by atoms with van der Waals surface area (Å²) < 4.78 is 0. The first-order chi connectivity index (χ1) is 15.7. The van der Waals surface area contributed by atoms with E-state index in [9.17, 15) is 0 Å². The van der Waals surface area contributed by atoms with E-state index in [4.69, 9.17) is 15.0 Å². The summed E-state index contributed by atoms with van der Waals surface area (Å²) in [6, 6.07) is 3.98. The van der Waals surface area contributed by atoms with Gasteiger partial charge < -0.3 is 15.2 Å². The highest BCUT2D eigenvalue weighted by Crippen LogP contribution is 2.40. The summed E-state index contributed by atoms with van der Waals surface area (Å²) in [5.74, 6) is 0. The van der Waals surface area contributed by atoms with Gasteiger partial charge >= 0.3 is 0 Å². The maximum atomic E-state index is 4.96. The van der Waals surface area contributed by atoms with Crippen LogP contribution in [0.2, 0.25) is 0 Å². The van der Waals surface area contributed by atoms with E-state index >= 15 is 0 Å². The van der Waals surface area contributed by atoms with E-state index in [0.717, 1.165) is 47.5 Å². The average molecular weight is 463 g/mol. The van der Waals surface area contributed by atoms with Crippen molar-refractivity contribution < 1.29 is 0 Å². The van der Waals surface area contributed by atoms with Crippen LogP contribution >= 0.6 is 22.7 Å². The van der Waals surface area contributed by atoms with Crippen molar-refractivity contribution in [3.8, 4) is 21.8 Å². The maximum Gasteiger partial charge on any atom is 0.188 e. The third kappa shape index (κ3) is 2.90. The molecule has 10 heteroatoms. The van der Waals surface area contributed by atoms with E-state index in [0.29, 0.717) is 18.1 Å². The fourth-order valence-electron chi connectivity index (χ4n) is 5.23. The van der Waals surface area contributed by atoms with Crippen molar-refractivity contribution in [1.29, 1.82) is 0 Å². The number of hydrogen-bond acceptors (Lipinski definition) is 8. The summed E-state index contributed by atoms with van der Waals surface area (Å²) in [4.78, 5) is 22.4. The zero-order chi connectivity index (χ0) is 21.2. The highest BCUT2D eigenvalue weighted by molar-refractivity contribution is 7.29. The van der Waals surface area contributed by atoms with Crippen LogP contribution in [0.5, 0.6) is 0 Å². The van der Waals surface area contributed by atoms with Gasteiger partial charge in [0.25, 0.3) is 0 Å². The first kappa shape index (κ1) is 18.7. The molecule has 2 aliphatic heterocycles. The van der Waals surface area contributed by atoms with Crippen LogP contribution in [0.15, 0.2) is 30.9 Å². The molecule has 0 radical (unpaired) electrons. The van der Waals surface area contributed by atoms with Gasteiger partial charge in [0, 0.05) is 60.3 Å². The number of thiazole rings is 2. The lowest BCUT2D eigenvalue weighted by Gasteiger charge is -2.35. The van der Waals surface area contributed by atoms with Crippen LogP contribution in [0, 0.1) is 0 Å². The van der Waals surface area contributed by atoms with Gasteiger partial charge in [-0.05, 0) is 31.7 Å². The molecule has 5 aromatic heterocycles. The molecule has 5 aromatic rings. The Labute approximate surface area is 192 Å². The van der Waals surface area contributed by atoms with Gasteiger partial charge in [0.15, 0.2) is 14.8 Å². The largest absolute Gasteiger partial charge is 0.359 e. The second kappa shape index (κ2) is 7.09. The van der Waals surface area contributed by atoms with Crippen molar-refractivity contribution in [3.05, 3.63) is 30.9 Å². The smallest absolute Gasteiger partial charge is 0.188 e. The van der Waals surface area contributed by atoms with Gasteiger partial charge in [-0.2, -0.15) is 5.10 Å². The number of rotatable bonds is 4. The quantitative estimate of drug-likeness (QED) is 0.366. The van der Waals surface area contributed by atoms with Crippen molar-refractivity contribution in [3.63, 3.8) is 0 Å². The van der Waals surface area contributed by atoms with Gasteiger partial charge in [-0.3, -0.25) is 10.1 Å². The lowest BCUT2D eigenvalue weighted by molar-refractivity contribution is 0.354. The number of aromatic amines is 2. The maximum absolute atomic E-state index is 4.96. The van der Waals surface area contributed by atoms with Crippen LogP contribution in [0.25, 0.3) is 42.4 Å². The molecule has 2 aliphatic rings. The molecule has 8 nitrogen and oxygen atoms in total. The second-order valence-corrected chi connectivity index (χ2v) is 10.7. The summed E-state index contributed by atoms with van der Waals surface area (Å²) in [6.45, 7) is 0. The van der Waals surface area contributed by atoms with Crippen LogP contribution in [0.3, 0.4) is 0 Å². The Balaban J connectivity index is 1.22. The second-order valence-electron chi connectivity index (χ2n) is 8.77. The minimum atomic E-state index is 0.559. The molecule has 0 aliphatic carbocycles. The number of pyridine rings is 1. The Bertz CT molecular complexity index is 1370. The van der Waals surface area contributed by atoms with Gasteiger partial charge in [-0.25, -0.2) is 9.97 Å². The average Bonchev–Trinajstić information content (AvgIpc) is 3.60. The molecular weight excluding hydrogens is 440 g/mol. The zero-order valence-electron chi connectivity index (χ0n) is 17.5. The highest BCUT2D eigenvalue weighted by atomic mass is 32.1. The molecule has 32 heavy (non-hydrogen) atoms. The molecule has 7 rings (SSSR count). The number of nitrogens with one attached hydrogen (secondary N) is 3. The Morgan fingerprint density at radius 1 is 1.06 bits per heavy atom. The van der Waals surface area contributed by atoms with Gasteiger partial charge in [-0.1, -0.05) is 22.7 Å². The minimum Gasteiger partial charge on any atom is -0.359 e. The number of fused-ring (bicyclic) bond motifs is 4. The van der Waals surface area contributed by atoms with Crippen molar-refractivity contribution in [2.45, 2.75) is 43.8 Å². The molecule has 3 atom stereocenters. The molecule has 162 valence electrons. The summed E-state index contributed by atoms with van der Waals surface area (Å²) in [6.07, 6.45) is 12.6. The summed E-state index contributed by atoms with van der Waals surface area (Å²) >= 11 is 3.31. The van der Waals surface area contributed by atoms with E-state index < -0.39 is 0 Å². The number of H-pyrrole nitrogens is 2. The van der Waals surface area contributed by atoms with Gasteiger partial charge in [-0.15, -0.1) is 0 Å². The van der Waals surface area contributed by atoms with Gasteiger partial charge in [0.05, 0.1) is 11.7 Å². The molecule has 0 spiro atoms. The monoisotopic (exact) mass is 462 g/mol. The standard InChI is InChI=1S/C22H22N8S2/c1-30(14-6-12-2-3-13(7-14)27-12)22-29-21-20(32-22)28-19(31-21)18-17-15(4-5-23-17)16(10-24-18)11-8-25-26-9-11/h4-5,8-10,12-14,23,27H,2-3,6-7H2,1H3,(H,25,26)/t12-,13+,14?. The summed E-state index contributed by atoms with van der Waals surface area (Å²) in [5.41, 5.74) is 3.94. The molecule has 7 heterocycles. The zero-order valence-corrected chi connectivity index (χ0v) is 19.1. The Hall–Kier alpha value is -2.82. The fraction of sp³-hybridized carbons (Fsp3) is 0.364. The van der Waals surface area contributed by atoms with Crippen molar-refractivity contribution in [1.82, 2.24) is 35.5 Å². The number of nitrogens with zero attached hydrogens (tertiary/aromatic N) is 5. The lowest BCUT2D eigenvalue weighted by Crippen LogP contribution is -2.47.